The molecule has 1 atom stereocenters. The van der Waals surface area contributed by atoms with E-state index in [1.165, 1.54) is 19.3 Å². The minimum atomic E-state index is -0.624. The highest BCUT2D eigenvalue weighted by Crippen LogP contribution is 2.31. The third-order valence-corrected chi connectivity index (χ3v) is 3.73. The first kappa shape index (κ1) is 13.5. The van der Waals surface area contributed by atoms with Crippen molar-refractivity contribution in [2.24, 2.45) is 5.92 Å². The second-order valence-electron chi connectivity index (χ2n) is 5.53. The first-order valence-electron chi connectivity index (χ1n) is 6.45. The lowest BCUT2D eigenvalue weighted by Crippen LogP contribution is -2.51. The summed E-state index contributed by atoms with van der Waals surface area (Å²) in [4.78, 5) is 13.5. The van der Waals surface area contributed by atoms with E-state index in [0.717, 1.165) is 25.9 Å². The molecular formula is C13H25NO2. The summed E-state index contributed by atoms with van der Waals surface area (Å²) < 4.78 is 0. The molecule has 1 saturated heterocycles. The van der Waals surface area contributed by atoms with Crippen LogP contribution in [0.4, 0.5) is 0 Å². The number of piperidine rings is 1. The van der Waals surface area contributed by atoms with Crippen molar-refractivity contribution in [3.8, 4) is 0 Å². The first-order chi connectivity index (χ1) is 7.47. The van der Waals surface area contributed by atoms with E-state index in [1.807, 2.05) is 0 Å². The number of unbranched alkanes of at least 4 members (excludes halogenated alkanes) is 2. The third kappa shape index (κ3) is 3.48. The predicted octanol–water partition coefficient (Wildman–Crippen LogP) is 2.75. The van der Waals surface area contributed by atoms with E-state index in [-0.39, 0.29) is 11.5 Å². The van der Waals surface area contributed by atoms with Gasteiger partial charge in [0.15, 0.2) is 0 Å². The smallest absolute Gasteiger partial charge is 0.306 e. The van der Waals surface area contributed by atoms with Crippen molar-refractivity contribution in [2.45, 2.75) is 58.4 Å². The monoisotopic (exact) mass is 227 g/mol. The molecule has 3 nitrogen and oxygen atoms in total. The van der Waals surface area contributed by atoms with E-state index in [0.29, 0.717) is 0 Å². The molecular weight excluding hydrogens is 202 g/mol. The molecule has 0 amide bonds. The maximum absolute atomic E-state index is 11.0. The largest absolute Gasteiger partial charge is 0.481 e. The Morgan fingerprint density at radius 3 is 2.62 bits per heavy atom. The maximum Gasteiger partial charge on any atom is 0.306 e. The number of hydrogen-bond donors (Lipinski definition) is 1. The number of carboxylic acid groups (broad SMARTS) is 1. The second kappa shape index (κ2) is 5.67. The SMILES string of the molecule is CCCCCN1CCC(C(=O)O)CC1(C)C. The van der Waals surface area contributed by atoms with E-state index >= 15 is 0 Å². The first-order valence-corrected chi connectivity index (χ1v) is 6.45. The minimum Gasteiger partial charge on any atom is -0.481 e. The van der Waals surface area contributed by atoms with Gasteiger partial charge in [0.1, 0.15) is 0 Å². The highest BCUT2D eigenvalue weighted by Gasteiger charge is 2.36. The minimum absolute atomic E-state index is 0.0506. The molecule has 0 bridgehead atoms. The Balaban J connectivity index is 2.46. The summed E-state index contributed by atoms with van der Waals surface area (Å²) >= 11 is 0. The van der Waals surface area contributed by atoms with Gasteiger partial charge < -0.3 is 5.11 Å². The zero-order valence-corrected chi connectivity index (χ0v) is 10.8. The van der Waals surface area contributed by atoms with Crippen LogP contribution in [0.3, 0.4) is 0 Å². The molecule has 16 heavy (non-hydrogen) atoms. The normalized spacial score (nSPS) is 25.6. The molecule has 1 unspecified atom stereocenters. The molecule has 0 spiro atoms. The summed E-state index contributed by atoms with van der Waals surface area (Å²) in [6, 6.07) is 0. The lowest BCUT2D eigenvalue weighted by Gasteiger charge is -2.44. The molecule has 1 aliphatic rings. The summed E-state index contributed by atoms with van der Waals surface area (Å²) in [5.74, 6) is -0.765. The van der Waals surface area contributed by atoms with E-state index in [1.54, 1.807) is 0 Å². The second-order valence-corrected chi connectivity index (χ2v) is 5.53. The lowest BCUT2D eigenvalue weighted by atomic mass is 9.82. The van der Waals surface area contributed by atoms with Gasteiger partial charge in [0.25, 0.3) is 0 Å². The zero-order valence-electron chi connectivity index (χ0n) is 10.8. The van der Waals surface area contributed by atoms with Crippen molar-refractivity contribution in [1.82, 2.24) is 4.90 Å². The molecule has 94 valence electrons. The van der Waals surface area contributed by atoms with Gasteiger partial charge >= 0.3 is 5.97 Å². The molecule has 1 aliphatic heterocycles. The lowest BCUT2D eigenvalue weighted by molar-refractivity contribution is -0.145. The fraction of sp³-hybridized carbons (Fsp3) is 0.923. The molecule has 0 aromatic heterocycles. The van der Waals surface area contributed by atoms with Gasteiger partial charge in [-0.2, -0.15) is 0 Å². The number of carboxylic acids is 1. The fourth-order valence-corrected chi connectivity index (χ4v) is 2.63. The molecule has 0 aliphatic carbocycles. The van der Waals surface area contributed by atoms with Crippen molar-refractivity contribution in [3.05, 3.63) is 0 Å². The van der Waals surface area contributed by atoms with Crippen LogP contribution >= 0.6 is 0 Å². The van der Waals surface area contributed by atoms with Gasteiger partial charge in [0.05, 0.1) is 5.92 Å². The number of hydrogen-bond acceptors (Lipinski definition) is 2. The highest BCUT2D eigenvalue weighted by molar-refractivity contribution is 5.70. The number of nitrogens with zero attached hydrogens (tertiary/aromatic N) is 1. The van der Waals surface area contributed by atoms with Gasteiger partial charge in [-0.25, -0.2) is 0 Å². The van der Waals surface area contributed by atoms with Gasteiger partial charge in [-0.15, -0.1) is 0 Å². The predicted molar refractivity (Wildman–Crippen MR) is 65.5 cm³/mol. The number of aliphatic carboxylic acids is 1. The summed E-state index contributed by atoms with van der Waals surface area (Å²) in [6.45, 7) is 8.62. The Morgan fingerprint density at radius 2 is 2.12 bits per heavy atom. The number of likely N-dealkylation sites (tertiary alicyclic amines) is 1. The van der Waals surface area contributed by atoms with Gasteiger partial charge in [0.2, 0.25) is 0 Å². The molecule has 1 N–H and O–H groups in total. The van der Waals surface area contributed by atoms with Crippen molar-refractivity contribution in [2.75, 3.05) is 13.1 Å². The van der Waals surface area contributed by atoms with Crippen LogP contribution < -0.4 is 0 Å². The Hall–Kier alpha value is -0.570. The third-order valence-electron chi connectivity index (χ3n) is 3.73. The van der Waals surface area contributed by atoms with Crippen molar-refractivity contribution >= 4 is 5.97 Å². The van der Waals surface area contributed by atoms with Crippen LogP contribution in [0.1, 0.15) is 52.9 Å². The Kier molecular flexibility index (Phi) is 4.78. The molecule has 0 radical (unpaired) electrons. The van der Waals surface area contributed by atoms with E-state index in [9.17, 15) is 4.79 Å². The van der Waals surface area contributed by atoms with Crippen molar-refractivity contribution in [3.63, 3.8) is 0 Å². The van der Waals surface area contributed by atoms with Crippen molar-refractivity contribution < 1.29 is 9.90 Å². The van der Waals surface area contributed by atoms with Crippen LogP contribution in [0, 0.1) is 5.92 Å². The van der Waals surface area contributed by atoms with E-state index in [4.69, 9.17) is 5.11 Å². The van der Waals surface area contributed by atoms with Crippen LogP contribution in [0.5, 0.6) is 0 Å². The standard InChI is InChI=1S/C13H25NO2/c1-4-5-6-8-14-9-7-11(12(15)16)10-13(14,2)3/h11H,4-10H2,1-3H3,(H,15,16). The van der Waals surface area contributed by atoms with E-state index in [2.05, 4.69) is 25.7 Å². The molecule has 1 heterocycles. The molecule has 1 rings (SSSR count). The van der Waals surface area contributed by atoms with Crippen molar-refractivity contribution in [1.29, 1.82) is 0 Å². The zero-order chi connectivity index (χ0) is 12.2. The quantitative estimate of drug-likeness (QED) is 0.734. The molecule has 0 aromatic rings. The van der Waals surface area contributed by atoms with E-state index < -0.39 is 5.97 Å². The van der Waals surface area contributed by atoms with Gasteiger partial charge in [-0.3, -0.25) is 9.69 Å². The maximum atomic E-state index is 11.0. The van der Waals surface area contributed by atoms with Crippen LogP contribution in [-0.2, 0) is 4.79 Å². The summed E-state index contributed by atoms with van der Waals surface area (Å²) in [7, 11) is 0. The van der Waals surface area contributed by atoms with Crippen LogP contribution in [0.25, 0.3) is 0 Å². The van der Waals surface area contributed by atoms with Crippen LogP contribution in [0.2, 0.25) is 0 Å². The molecule has 3 heteroatoms. The van der Waals surface area contributed by atoms with Gasteiger partial charge in [0, 0.05) is 5.54 Å². The molecule has 0 saturated carbocycles. The highest BCUT2D eigenvalue weighted by atomic mass is 16.4. The Bertz CT molecular complexity index is 238. The summed E-state index contributed by atoms with van der Waals surface area (Å²) in [5, 5.41) is 9.05. The molecule has 0 aromatic carbocycles. The number of rotatable bonds is 5. The number of carbonyl (C=O) groups is 1. The van der Waals surface area contributed by atoms with Crippen LogP contribution in [0.15, 0.2) is 0 Å². The topological polar surface area (TPSA) is 40.5 Å². The Morgan fingerprint density at radius 1 is 1.44 bits per heavy atom. The van der Waals surface area contributed by atoms with Gasteiger partial charge in [-0.05, 0) is 46.2 Å². The summed E-state index contributed by atoms with van der Waals surface area (Å²) in [5.41, 5.74) is 0.0506. The van der Waals surface area contributed by atoms with Gasteiger partial charge in [-0.1, -0.05) is 19.8 Å². The fourth-order valence-electron chi connectivity index (χ4n) is 2.63. The van der Waals surface area contributed by atoms with Crippen LogP contribution in [-0.4, -0.2) is 34.6 Å². The Labute approximate surface area is 98.8 Å². The average Bonchev–Trinajstić information content (AvgIpc) is 2.19. The summed E-state index contributed by atoms with van der Waals surface area (Å²) in [6.07, 6.45) is 5.35. The molecule has 1 fully saturated rings. The average molecular weight is 227 g/mol.